The maximum Gasteiger partial charge on any atom is 0.435 e. The highest BCUT2D eigenvalue weighted by Crippen LogP contribution is 2.33. The summed E-state index contributed by atoms with van der Waals surface area (Å²) in [6.45, 7) is 1.66. The number of halogens is 2. The number of hydrazone groups is 1. The summed E-state index contributed by atoms with van der Waals surface area (Å²) in [5.74, 6) is -0.183. The largest absolute Gasteiger partial charge is 0.468 e. The van der Waals surface area contributed by atoms with Crippen LogP contribution in [0.5, 0.6) is 5.75 Å². The van der Waals surface area contributed by atoms with Gasteiger partial charge in [0.1, 0.15) is 11.2 Å². The quantitative estimate of drug-likeness (QED) is 0.708. The Labute approximate surface area is 166 Å². The average molecular weight is 407 g/mol. The summed E-state index contributed by atoms with van der Waals surface area (Å²) in [4.78, 5) is 24.9. The van der Waals surface area contributed by atoms with Gasteiger partial charge in [0, 0.05) is 10.0 Å². The van der Waals surface area contributed by atoms with Crippen LogP contribution in [0.15, 0.2) is 53.6 Å². The van der Waals surface area contributed by atoms with E-state index in [1.165, 1.54) is 7.11 Å². The van der Waals surface area contributed by atoms with E-state index in [0.29, 0.717) is 27.1 Å². The Hall–Kier alpha value is -2.57. The molecule has 0 fully saturated rings. The number of amides is 1. The third-order valence-electron chi connectivity index (χ3n) is 4.19. The average Bonchev–Trinajstić information content (AvgIpc) is 3.02. The fraction of sp³-hybridized carbons (Fsp3) is 0.211. The predicted molar refractivity (Wildman–Crippen MR) is 102 cm³/mol. The first-order valence-corrected chi connectivity index (χ1v) is 8.77. The molecule has 0 bridgehead atoms. The van der Waals surface area contributed by atoms with Crippen molar-refractivity contribution in [3.05, 3.63) is 64.1 Å². The molecule has 0 spiro atoms. The van der Waals surface area contributed by atoms with Crippen molar-refractivity contribution in [1.82, 2.24) is 5.01 Å². The molecule has 2 aromatic carbocycles. The molecule has 8 heteroatoms. The van der Waals surface area contributed by atoms with Gasteiger partial charge in [-0.1, -0.05) is 35.3 Å². The normalized spacial score (nSPS) is 18.8. The Kier molecular flexibility index (Phi) is 5.39. The van der Waals surface area contributed by atoms with Gasteiger partial charge >= 0.3 is 12.1 Å². The first-order valence-electron chi connectivity index (χ1n) is 8.02. The van der Waals surface area contributed by atoms with Gasteiger partial charge in [-0.25, -0.2) is 4.79 Å². The van der Waals surface area contributed by atoms with E-state index < -0.39 is 17.5 Å². The first kappa shape index (κ1) is 19.2. The molecule has 6 nitrogen and oxygen atoms in total. The molecule has 1 aliphatic heterocycles. The Morgan fingerprint density at radius 2 is 1.59 bits per heavy atom. The van der Waals surface area contributed by atoms with Crippen LogP contribution in [0.4, 0.5) is 4.79 Å². The zero-order valence-corrected chi connectivity index (χ0v) is 16.1. The molecular weight excluding hydrogens is 391 g/mol. The molecular formula is C19H16Cl2N2O4. The molecule has 3 rings (SSSR count). The van der Waals surface area contributed by atoms with Gasteiger partial charge in [-0.05, 0) is 48.9 Å². The number of ether oxygens (including phenoxy) is 2. The van der Waals surface area contributed by atoms with Crippen LogP contribution in [0.25, 0.3) is 0 Å². The second-order valence-electron chi connectivity index (χ2n) is 6.16. The van der Waals surface area contributed by atoms with Crippen LogP contribution >= 0.6 is 23.2 Å². The molecule has 1 amide bonds. The fourth-order valence-corrected chi connectivity index (χ4v) is 3.02. The van der Waals surface area contributed by atoms with E-state index >= 15 is 0 Å². The van der Waals surface area contributed by atoms with Crippen LogP contribution in [0.3, 0.4) is 0 Å². The number of carbonyl (C=O) groups excluding carboxylic acids is 2. The molecule has 1 heterocycles. The van der Waals surface area contributed by atoms with E-state index in [9.17, 15) is 9.59 Å². The van der Waals surface area contributed by atoms with Crippen LogP contribution in [0.2, 0.25) is 10.0 Å². The number of hydrogen-bond acceptors (Lipinski definition) is 5. The summed E-state index contributed by atoms with van der Waals surface area (Å²) < 4.78 is 10.2. The van der Waals surface area contributed by atoms with Crippen molar-refractivity contribution < 1.29 is 19.1 Å². The Morgan fingerprint density at radius 3 is 2.15 bits per heavy atom. The highest BCUT2D eigenvalue weighted by Gasteiger charge is 2.48. The third kappa shape index (κ3) is 3.91. The van der Waals surface area contributed by atoms with E-state index in [2.05, 4.69) is 5.10 Å². The van der Waals surface area contributed by atoms with E-state index in [1.807, 2.05) is 0 Å². The molecule has 140 valence electrons. The van der Waals surface area contributed by atoms with Crippen molar-refractivity contribution in [1.29, 1.82) is 0 Å². The number of benzene rings is 2. The van der Waals surface area contributed by atoms with Crippen LogP contribution in [0, 0.1) is 5.41 Å². The van der Waals surface area contributed by atoms with Crippen LogP contribution in [0.1, 0.15) is 12.5 Å². The minimum absolute atomic E-state index is 0.00986. The number of esters is 1. The summed E-state index contributed by atoms with van der Waals surface area (Å²) in [7, 11) is 1.29. The SMILES string of the molecule is COC(=O)[C@@]1(C)CN(C(=O)Oc2ccc(Cl)cc2)N=C1c1ccc(Cl)cc1. The topological polar surface area (TPSA) is 68.2 Å². The molecule has 0 radical (unpaired) electrons. The van der Waals surface area contributed by atoms with Gasteiger partial charge in [0.25, 0.3) is 0 Å². The van der Waals surface area contributed by atoms with Crippen molar-refractivity contribution >= 4 is 41.0 Å². The van der Waals surface area contributed by atoms with Gasteiger partial charge in [-0.3, -0.25) is 4.79 Å². The molecule has 1 atom stereocenters. The number of hydrogen-bond donors (Lipinski definition) is 0. The van der Waals surface area contributed by atoms with Crippen LogP contribution in [-0.4, -0.2) is 36.4 Å². The van der Waals surface area contributed by atoms with Crippen molar-refractivity contribution in [3.8, 4) is 5.75 Å². The lowest BCUT2D eigenvalue weighted by Gasteiger charge is -2.23. The minimum Gasteiger partial charge on any atom is -0.468 e. The van der Waals surface area contributed by atoms with E-state index in [0.717, 1.165) is 5.01 Å². The first-order chi connectivity index (χ1) is 12.8. The third-order valence-corrected chi connectivity index (χ3v) is 4.70. The van der Waals surface area contributed by atoms with Gasteiger partial charge in [-0.2, -0.15) is 10.1 Å². The number of rotatable bonds is 3. The maximum atomic E-state index is 12.5. The minimum atomic E-state index is -1.14. The standard InChI is InChI=1S/C19H16Cl2N2O4/c1-19(17(24)26-2)11-23(18(25)27-15-9-7-14(21)8-10-15)22-16(19)12-3-5-13(20)6-4-12/h3-10H,11H2,1-2H3/t19-/m0/s1. The van der Waals surface area contributed by atoms with E-state index in [4.69, 9.17) is 32.7 Å². The lowest BCUT2D eigenvalue weighted by Crippen LogP contribution is -2.41. The van der Waals surface area contributed by atoms with Crippen molar-refractivity contribution in [2.24, 2.45) is 10.5 Å². The second kappa shape index (κ2) is 7.58. The fourth-order valence-electron chi connectivity index (χ4n) is 2.77. The lowest BCUT2D eigenvalue weighted by atomic mass is 9.82. The highest BCUT2D eigenvalue weighted by molar-refractivity contribution is 6.31. The van der Waals surface area contributed by atoms with Crippen molar-refractivity contribution in [2.75, 3.05) is 13.7 Å². The molecule has 0 N–H and O–H groups in total. The molecule has 0 aromatic heterocycles. The molecule has 0 saturated carbocycles. The highest BCUT2D eigenvalue weighted by atomic mass is 35.5. The summed E-state index contributed by atoms with van der Waals surface area (Å²) in [6, 6.07) is 13.2. The van der Waals surface area contributed by atoms with Gasteiger partial charge < -0.3 is 9.47 Å². The van der Waals surface area contributed by atoms with Crippen LogP contribution < -0.4 is 4.74 Å². The van der Waals surface area contributed by atoms with Gasteiger partial charge in [-0.15, -0.1) is 0 Å². The lowest BCUT2D eigenvalue weighted by molar-refractivity contribution is -0.147. The molecule has 0 saturated heterocycles. The van der Waals surface area contributed by atoms with Crippen LogP contribution in [-0.2, 0) is 9.53 Å². The maximum absolute atomic E-state index is 12.5. The molecule has 0 aliphatic carbocycles. The second-order valence-corrected chi connectivity index (χ2v) is 7.03. The molecule has 1 aliphatic rings. The summed E-state index contributed by atoms with van der Waals surface area (Å²) in [5.41, 5.74) is -0.0742. The monoisotopic (exact) mass is 406 g/mol. The Bertz CT molecular complexity index is 897. The Morgan fingerprint density at radius 1 is 1.04 bits per heavy atom. The summed E-state index contributed by atoms with van der Waals surface area (Å²) >= 11 is 11.8. The van der Waals surface area contributed by atoms with Crippen molar-refractivity contribution in [2.45, 2.75) is 6.92 Å². The van der Waals surface area contributed by atoms with Gasteiger partial charge in [0.05, 0.1) is 19.4 Å². The summed E-state index contributed by atoms with van der Waals surface area (Å²) in [6.07, 6.45) is -0.712. The van der Waals surface area contributed by atoms with E-state index in [-0.39, 0.29) is 6.54 Å². The summed E-state index contributed by atoms with van der Waals surface area (Å²) in [5, 5.41) is 6.51. The number of carbonyl (C=O) groups is 2. The smallest absolute Gasteiger partial charge is 0.435 e. The predicted octanol–water partition coefficient (Wildman–Crippen LogP) is 4.39. The van der Waals surface area contributed by atoms with Gasteiger partial charge in [0.15, 0.2) is 0 Å². The van der Waals surface area contributed by atoms with E-state index in [1.54, 1.807) is 55.5 Å². The zero-order valence-electron chi connectivity index (χ0n) is 14.6. The zero-order chi connectivity index (χ0) is 19.6. The van der Waals surface area contributed by atoms with Gasteiger partial charge in [0.2, 0.25) is 0 Å². The molecule has 27 heavy (non-hydrogen) atoms. The van der Waals surface area contributed by atoms with Crippen molar-refractivity contribution in [3.63, 3.8) is 0 Å². The number of nitrogens with zero attached hydrogens (tertiary/aromatic N) is 2. The Balaban J connectivity index is 1.90. The molecule has 0 unspecified atom stereocenters. The number of methoxy groups -OCH3 is 1. The molecule has 2 aromatic rings.